The van der Waals surface area contributed by atoms with Crippen LogP contribution < -0.4 is 5.56 Å². The van der Waals surface area contributed by atoms with Crippen molar-refractivity contribution in [3.63, 3.8) is 0 Å². The molecule has 3 nitrogen and oxygen atoms in total. The highest BCUT2D eigenvalue weighted by Gasteiger charge is 2.04. The van der Waals surface area contributed by atoms with Gasteiger partial charge in [-0.15, -0.1) is 11.6 Å². The van der Waals surface area contributed by atoms with Gasteiger partial charge >= 0.3 is 0 Å². The molecule has 2 aromatic rings. The molecular formula is C13H17ClN2O. The Bertz CT molecular complexity index is 529. The van der Waals surface area contributed by atoms with Crippen LogP contribution in [0.4, 0.5) is 0 Å². The number of aromatic nitrogens is 2. The Balaban J connectivity index is 2.01. The van der Waals surface area contributed by atoms with Crippen LogP contribution in [0, 0.1) is 0 Å². The molecule has 1 N–H and O–H groups in total. The van der Waals surface area contributed by atoms with Gasteiger partial charge in [0.2, 0.25) is 0 Å². The second kappa shape index (κ2) is 5.92. The van der Waals surface area contributed by atoms with Crippen LogP contribution in [0.15, 0.2) is 29.1 Å². The second-order valence-corrected chi connectivity index (χ2v) is 4.59. The van der Waals surface area contributed by atoms with Gasteiger partial charge in [0.25, 0.3) is 5.56 Å². The lowest BCUT2D eigenvalue weighted by Crippen LogP contribution is -2.05. The highest BCUT2D eigenvalue weighted by molar-refractivity contribution is 6.17. The van der Waals surface area contributed by atoms with Crippen molar-refractivity contribution in [2.45, 2.75) is 32.2 Å². The second-order valence-electron chi connectivity index (χ2n) is 4.21. The maximum Gasteiger partial charge on any atom is 0.271 e. The van der Waals surface area contributed by atoms with E-state index in [2.05, 4.69) is 5.10 Å². The smallest absolute Gasteiger partial charge is 0.271 e. The summed E-state index contributed by atoms with van der Waals surface area (Å²) in [6.07, 6.45) is 4.46. The molecule has 17 heavy (non-hydrogen) atoms. The van der Waals surface area contributed by atoms with Gasteiger partial charge in [0, 0.05) is 12.4 Å². The molecule has 1 heterocycles. The Morgan fingerprint density at radius 2 is 1.88 bits per heavy atom. The molecule has 0 spiro atoms. The third-order valence-electron chi connectivity index (χ3n) is 2.94. The van der Waals surface area contributed by atoms with E-state index in [9.17, 15) is 4.79 Å². The Kier molecular flexibility index (Phi) is 4.26. The van der Waals surface area contributed by atoms with Crippen LogP contribution in [-0.4, -0.2) is 15.7 Å². The number of fused-ring (bicyclic) bond motifs is 1. The highest BCUT2D eigenvalue weighted by atomic mass is 35.5. The summed E-state index contributed by atoms with van der Waals surface area (Å²) < 4.78 is 1.94. The number of aryl methyl sites for hydroxylation is 1. The Morgan fingerprint density at radius 3 is 2.71 bits per heavy atom. The fourth-order valence-corrected chi connectivity index (χ4v) is 2.23. The van der Waals surface area contributed by atoms with Crippen LogP contribution in [-0.2, 0) is 6.54 Å². The van der Waals surface area contributed by atoms with Gasteiger partial charge in [-0.2, -0.15) is 0 Å². The van der Waals surface area contributed by atoms with Gasteiger partial charge in [-0.3, -0.25) is 14.6 Å². The van der Waals surface area contributed by atoms with Crippen molar-refractivity contribution in [1.29, 1.82) is 0 Å². The fourth-order valence-electron chi connectivity index (χ4n) is 2.04. The zero-order valence-electron chi connectivity index (χ0n) is 9.79. The first-order valence-electron chi connectivity index (χ1n) is 6.06. The number of H-pyrrole nitrogens is 1. The molecule has 0 bridgehead atoms. The van der Waals surface area contributed by atoms with E-state index in [1.54, 1.807) is 0 Å². The van der Waals surface area contributed by atoms with Crippen LogP contribution in [0.25, 0.3) is 10.9 Å². The predicted octanol–water partition coefficient (Wildman–Crippen LogP) is 3.13. The monoisotopic (exact) mass is 252 g/mol. The number of hydrogen-bond donors (Lipinski definition) is 1. The largest absolute Gasteiger partial charge is 0.284 e. The summed E-state index contributed by atoms with van der Waals surface area (Å²) in [7, 11) is 0. The predicted molar refractivity (Wildman–Crippen MR) is 71.7 cm³/mol. The number of halogens is 1. The fraction of sp³-hybridized carbons (Fsp3) is 0.462. The Labute approximate surface area is 105 Å². The van der Waals surface area contributed by atoms with Crippen molar-refractivity contribution in [2.75, 3.05) is 5.88 Å². The minimum Gasteiger partial charge on any atom is -0.284 e. The normalized spacial score (nSPS) is 11.1. The number of nitrogens with zero attached hydrogens (tertiary/aromatic N) is 1. The molecule has 1 aromatic heterocycles. The molecule has 2 rings (SSSR count). The zero-order valence-corrected chi connectivity index (χ0v) is 10.5. The van der Waals surface area contributed by atoms with Crippen molar-refractivity contribution in [1.82, 2.24) is 9.78 Å². The lowest BCUT2D eigenvalue weighted by Gasteiger charge is -2.03. The highest BCUT2D eigenvalue weighted by Crippen LogP contribution is 2.10. The maximum atomic E-state index is 11.6. The van der Waals surface area contributed by atoms with Crippen molar-refractivity contribution >= 4 is 22.5 Å². The number of hydrogen-bond acceptors (Lipinski definition) is 1. The van der Waals surface area contributed by atoms with Gasteiger partial charge in [-0.25, -0.2) is 0 Å². The summed E-state index contributed by atoms with van der Waals surface area (Å²) >= 11 is 5.63. The lowest BCUT2D eigenvalue weighted by atomic mass is 10.2. The molecule has 0 amide bonds. The first-order valence-corrected chi connectivity index (χ1v) is 6.60. The van der Waals surface area contributed by atoms with Crippen LogP contribution in [0.2, 0.25) is 0 Å². The molecule has 0 radical (unpaired) electrons. The summed E-state index contributed by atoms with van der Waals surface area (Å²) in [4.78, 5) is 11.6. The van der Waals surface area contributed by atoms with Gasteiger partial charge in [0.1, 0.15) is 0 Å². The summed E-state index contributed by atoms with van der Waals surface area (Å²) in [5.41, 5.74) is 0.996. The van der Waals surface area contributed by atoms with Gasteiger partial charge in [0.15, 0.2) is 0 Å². The van der Waals surface area contributed by atoms with Crippen molar-refractivity contribution in [2.24, 2.45) is 0 Å². The average Bonchev–Trinajstić information content (AvgIpc) is 2.67. The van der Waals surface area contributed by atoms with E-state index in [-0.39, 0.29) is 5.56 Å². The molecule has 0 aliphatic rings. The summed E-state index contributed by atoms with van der Waals surface area (Å²) in [6.45, 7) is 0.866. The minimum atomic E-state index is 0.00126. The third kappa shape index (κ3) is 2.91. The van der Waals surface area contributed by atoms with Crippen molar-refractivity contribution < 1.29 is 0 Å². The number of para-hydroxylation sites is 1. The number of benzene rings is 1. The number of rotatable bonds is 6. The van der Waals surface area contributed by atoms with Gasteiger partial charge in [0.05, 0.1) is 10.9 Å². The number of unbranched alkanes of at least 4 members (excludes halogenated alkanes) is 3. The summed E-state index contributed by atoms with van der Waals surface area (Å²) in [6, 6.07) is 7.69. The van der Waals surface area contributed by atoms with Gasteiger partial charge in [-0.1, -0.05) is 25.0 Å². The van der Waals surface area contributed by atoms with E-state index < -0.39 is 0 Å². The SMILES string of the molecule is O=c1[nH]n(CCCCCCCl)c2ccccc12. The average molecular weight is 253 g/mol. The first kappa shape index (κ1) is 12.2. The molecule has 1 aromatic carbocycles. The third-order valence-corrected chi connectivity index (χ3v) is 3.21. The standard InChI is InChI=1S/C13H17ClN2O/c14-9-5-1-2-6-10-16-12-8-4-3-7-11(12)13(17)15-16/h3-4,7-8H,1-2,5-6,9-10H2,(H,15,17). The molecule has 0 saturated heterocycles. The lowest BCUT2D eigenvalue weighted by molar-refractivity contribution is 0.551. The van der Waals surface area contributed by atoms with E-state index in [1.807, 2.05) is 28.9 Å². The van der Waals surface area contributed by atoms with E-state index in [1.165, 1.54) is 0 Å². The molecule has 0 saturated carbocycles. The zero-order chi connectivity index (χ0) is 12.1. The maximum absolute atomic E-state index is 11.6. The molecule has 0 aliphatic heterocycles. The number of nitrogens with one attached hydrogen (secondary N) is 1. The van der Waals surface area contributed by atoms with Crippen molar-refractivity contribution in [3.05, 3.63) is 34.6 Å². The Hall–Kier alpha value is -1.22. The molecule has 0 unspecified atom stereocenters. The van der Waals surface area contributed by atoms with Crippen LogP contribution in [0.5, 0.6) is 0 Å². The van der Waals surface area contributed by atoms with Gasteiger partial charge < -0.3 is 0 Å². The van der Waals surface area contributed by atoms with Crippen LogP contribution in [0.1, 0.15) is 25.7 Å². The van der Waals surface area contributed by atoms with Gasteiger partial charge in [-0.05, 0) is 25.0 Å². The number of aromatic amines is 1. The van der Waals surface area contributed by atoms with Crippen molar-refractivity contribution in [3.8, 4) is 0 Å². The molecule has 4 heteroatoms. The van der Waals surface area contributed by atoms with Crippen LogP contribution in [0.3, 0.4) is 0 Å². The summed E-state index contributed by atoms with van der Waals surface area (Å²) in [5, 5.41) is 3.65. The summed E-state index contributed by atoms with van der Waals surface area (Å²) in [5.74, 6) is 0.739. The molecule has 0 atom stereocenters. The van der Waals surface area contributed by atoms with E-state index in [0.29, 0.717) is 0 Å². The quantitative estimate of drug-likeness (QED) is 0.623. The molecule has 0 aliphatic carbocycles. The number of alkyl halides is 1. The molecule has 0 fully saturated rings. The van der Waals surface area contributed by atoms with E-state index in [0.717, 1.165) is 49.0 Å². The molecule has 92 valence electrons. The first-order chi connectivity index (χ1) is 8.33. The van der Waals surface area contributed by atoms with E-state index >= 15 is 0 Å². The minimum absolute atomic E-state index is 0.00126. The topological polar surface area (TPSA) is 37.8 Å². The Morgan fingerprint density at radius 1 is 1.12 bits per heavy atom. The molecular weight excluding hydrogens is 236 g/mol. The van der Waals surface area contributed by atoms with E-state index in [4.69, 9.17) is 11.6 Å². The van der Waals surface area contributed by atoms with Crippen LogP contribution >= 0.6 is 11.6 Å².